The average Bonchev–Trinajstić information content (AvgIpc) is 3.23. The van der Waals surface area contributed by atoms with Crippen molar-refractivity contribution in [3.8, 4) is 0 Å². The molecule has 28 heavy (non-hydrogen) atoms. The summed E-state index contributed by atoms with van der Waals surface area (Å²) in [5.41, 5.74) is 3.45. The maximum absolute atomic E-state index is 12.5. The molecule has 1 unspecified atom stereocenters. The van der Waals surface area contributed by atoms with E-state index < -0.39 is 0 Å². The van der Waals surface area contributed by atoms with Crippen LogP contribution in [0.15, 0.2) is 71.3 Å². The van der Waals surface area contributed by atoms with E-state index in [-0.39, 0.29) is 23.6 Å². The molecule has 0 saturated carbocycles. The van der Waals surface area contributed by atoms with Gasteiger partial charge in [0.15, 0.2) is 5.76 Å². The highest BCUT2D eigenvalue weighted by Crippen LogP contribution is 2.19. The fraction of sp³-hybridized carbons (Fsp3) is 0.217. The minimum Gasteiger partial charge on any atom is -0.459 e. The molecule has 0 saturated heterocycles. The van der Waals surface area contributed by atoms with E-state index in [1.807, 2.05) is 19.1 Å². The monoisotopic (exact) mass is 376 g/mol. The first-order valence-electron chi connectivity index (χ1n) is 9.29. The zero-order valence-electron chi connectivity index (χ0n) is 16.2. The number of rotatable bonds is 6. The quantitative estimate of drug-likeness (QED) is 0.625. The number of amides is 2. The van der Waals surface area contributed by atoms with Gasteiger partial charge in [0.2, 0.25) is 0 Å². The maximum Gasteiger partial charge on any atom is 0.291 e. The third-order valence-corrected chi connectivity index (χ3v) is 4.60. The summed E-state index contributed by atoms with van der Waals surface area (Å²) in [5.74, 6) is 0.217. The fourth-order valence-corrected chi connectivity index (χ4v) is 2.84. The summed E-state index contributed by atoms with van der Waals surface area (Å²) >= 11 is 0. The van der Waals surface area contributed by atoms with Gasteiger partial charge in [-0.1, -0.05) is 38.1 Å². The van der Waals surface area contributed by atoms with Gasteiger partial charge in [0, 0.05) is 11.3 Å². The van der Waals surface area contributed by atoms with E-state index in [0.717, 1.165) is 5.56 Å². The molecule has 5 nitrogen and oxygen atoms in total. The molecule has 144 valence electrons. The molecule has 0 spiro atoms. The summed E-state index contributed by atoms with van der Waals surface area (Å²) in [6.45, 7) is 6.27. The van der Waals surface area contributed by atoms with Gasteiger partial charge in [-0.3, -0.25) is 9.59 Å². The van der Waals surface area contributed by atoms with E-state index in [0.29, 0.717) is 17.2 Å². The molecule has 2 N–H and O–H groups in total. The van der Waals surface area contributed by atoms with Crippen molar-refractivity contribution in [3.05, 3.63) is 89.4 Å². The van der Waals surface area contributed by atoms with Crippen LogP contribution in [-0.2, 0) is 0 Å². The second kappa shape index (κ2) is 8.57. The predicted octanol–water partition coefficient (Wildman–Crippen LogP) is 5.15. The number of carbonyl (C=O) groups excluding carboxylic acids is 2. The Morgan fingerprint density at radius 2 is 1.46 bits per heavy atom. The second-order valence-electron chi connectivity index (χ2n) is 7.03. The molecular formula is C23H24N2O3. The highest BCUT2D eigenvalue weighted by Gasteiger charge is 2.13. The Morgan fingerprint density at radius 1 is 0.821 bits per heavy atom. The number of furan rings is 1. The molecule has 1 aromatic heterocycles. The lowest BCUT2D eigenvalue weighted by atomic mass is 9.99. The highest BCUT2D eigenvalue weighted by molar-refractivity contribution is 6.02. The lowest BCUT2D eigenvalue weighted by Crippen LogP contribution is -2.26. The smallest absolute Gasteiger partial charge is 0.291 e. The van der Waals surface area contributed by atoms with Crippen molar-refractivity contribution in [2.45, 2.75) is 32.7 Å². The van der Waals surface area contributed by atoms with E-state index >= 15 is 0 Å². The first kappa shape index (κ1) is 19.4. The van der Waals surface area contributed by atoms with E-state index in [4.69, 9.17) is 4.42 Å². The van der Waals surface area contributed by atoms with Crippen LogP contribution in [0.5, 0.6) is 0 Å². The third-order valence-electron chi connectivity index (χ3n) is 4.60. The molecule has 3 rings (SSSR count). The van der Waals surface area contributed by atoms with E-state index in [2.05, 4.69) is 36.6 Å². The molecule has 5 heteroatoms. The molecule has 2 aromatic carbocycles. The van der Waals surface area contributed by atoms with E-state index in [1.54, 1.807) is 36.4 Å². The van der Waals surface area contributed by atoms with Crippen molar-refractivity contribution in [3.63, 3.8) is 0 Å². The molecule has 1 atom stereocenters. The van der Waals surface area contributed by atoms with E-state index in [1.165, 1.54) is 11.8 Å². The van der Waals surface area contributed by atoms with Crippen molar-refractivity contribution in [2.24, 2.45) is 0 Å². The Balaban J connectivity index is 1.60. The fourth-order valence-electron chi connectivity index (χ4n) is 2.84. The molecule has 0 aliphatic heterocycles. The summed E-state index contributed by atoms with van der Waals surface area (Å²) in [6, 6.07) is 18.2. The molecule has 1 heterocycles. The molecule has 0 aliphatic rings. The van der Waals surface area contributed by atoms with Crippen LogP contribution in [0.25, 0.3) is 0 Å². The van der Waals surface area contributed by atoms with Gasteiger partial charge in [-0.05, 0) is 60.4 Å². The zero-order valence-corrected chi connectivity index (χ0v) is 16.2. The standard InChI is InChI=1S/C23H24N2O3/c1-15(2)17-6-8-18(9-7-17)16(3)24-22(26)19-10-12-20(13-11-19)25-23(27)21-5-4-14-28-21/h4-16H,1-3H3,(H,24,26)(H,25,27). The van der Waals surface area contributed by atoms with Crippen molar-refractivity contribution < 1.29 is 14.0 Å². The summed E-state index contributed by atoms with van der Waals surface area (Å²) < 4.78 is 5.06. The molecule has 2 amide bonds. The largest absolute Gasteiger partial charge is 0.459 e. The van der Waals surface area contributed by atoms with Crippen LogP contribution in [0, 0.1) is 0 Å². The first-order valence-corrected chi connectivity index (χ1v) is 9.29. The van der Waals surface area contributed by atoms with Gasteiger partial charge in [0.1, 0.15) is 0 Å². The minimum atomic E-state index is -0.333. The van der Waals surface area contributed by atoms with Crippen molar-refractivity contribution >= 4 is 17.5 Å². The van der Waals surface area contributed by atoms with Gasteiger partial charge in [-0.2, -0.15) is 0 Å². The Morgan fingerprint density at radius 3 is 2.04 bits per heavy atom. The topological polar surface area (TPSA) is 71.3 Å². The van der Waals surface area contributed by atoms with Crippen LogP contribution in [0.4, 0.5) is 5.69 Å². The maximum atomic E-state index is 12.5. The summed E-state index contributed by atoms with van der Waals surface area (Å²) in [4.78, 5) is 24.5. The van der Waals surface area contributed by atoms with Crippen LogP contribution in [0.3, 0.4) is 0 Å². The molecule has 0 bridgehead atoms. The van der Waals surface area contributed by atoms with Crippen molar-refractivity contribution in [2.75, 3.05) is 5.32 Å². The lowest BCUT2D eigenvalue weighted by molar-refractivity contribution is 0.0939. The highest BCUT2D eigenvalue weighted by atomic mass is 16.3. The molecule has 0 fully saturated rings. The summed E-state index contributed by atoms with van der Waals surface area (Å²) in [7, 11) is 0. The predicted molar refractivity (Wildman–Crippen MR) is 110 cm³/mol. The van der Waals surface area contributed by atoms with Crippen LogP contribution in [0.2, 0.25) is 0 Å². The number of hydrogen-bond donors (Lipinski definition) is 2. The summed E-state index contributed by atoms with van der Waals surface area (Å²) in [6.07, 6.45) is 1.44. The SMILES string of the molecule is CC(C)c1ccc(C(C)NC(=O)c2ccc(NC(=O)c3ccco3)cc2)cc1. The van der Waals surface area contributed by atoms with Crippen LogP contribution in [0.1, 0.15) is 64.8 Å². The molecular weight excluding hydrogens is 352 g/mol. The van der Waals surface area contributed by atoms with Gasteiger partial charge in [0.05, 0.1) is 12.3 Å². The average molecular weight is 376 g/mol. The van der Waals surface area contributed by atoms with Gasteiger partial charge in [-0.25, -0.2) is 0 Å². The summed E-state index contributed by atoms with van der Waals surface area (Å²) in [5, 5.41) is 5.73. The molecule has 3 aromatic rings. The number of nitrogens with one attached hydrogen (secondary N) is 2. The molecule has 0 aliphatic carbocycles. The Labute approximate surface area is 164 Å². The van der Waals surface area contributed by atoms with E-state index in [9.17, 15) is 9.59 Å². The van der Waals surface area contributed by atoms with Gasteiger partial charge >= 0.3 is 0 Å². The van der Waals surface area contributed by atoms with Crippen LogP contribution < -0.4 is 10.6 Å². The Bertz CT molecular complexity index is 927. The second-order valence-corrected chi connectivity index (χ2v) is 7.03. The Kier molecular flexibility index (Phi) is 5.94. The number of anilines is 1. The van der Waals surface area contributed by atoms with Crippen molar-refractivity contribution in [1.82, 2.24) is 5.32 Å². The normalized spacial score (nSPS) is 11.9. The first-order chi connectivity index (χ1) is 13.4. The van der Waals surface area contributed by atoms with Gasteiger partial charge in [-0.15, -0.1) is 0 Å². The van der Waals surface area contributed by atoms with Crippen molar-refractivity contribution in [1.29, 1.82) is 0 Å². The van der Waals surface area contributed by atoms with Gasteiger partial charge < -0.3 is 15.1 Å². The Hall–Kier alpha value is -3.34. The number of carbonyl (C=O) groups is 2. The minimum absolute atomic E-state index is 0.105. The van der Waals surface area contributed by atoms with Gasteiger partial charge in [0.25, 0.3) is 11.8 Å². The van der Waals surface area contributed by atoms with Crippen LogP contribution in [-0.4, -0.2) is 11.8 Å². The molecule has 0 radical (unpaired) electrons. The number of hydrogen-bond acceptors (Lipinski definition) is 3. The third kappa shape index (κ3) is 4.68. The van der Waals surface area contributed by atoms with Crippen LogP contribution >= 0.6 is 0 Å². The zero-order chi connectivity index (χ0) is 20.1. The number of benzene rings is 2. The lowest BCUT2D eigenvalue weighted by Gasteiger charge is -2.16.